The van der Waals surface area contributed by atoms with E-state index in [1.807, 2.05) is 20.2 Å². The molecule has 0 nitrogen and oxygen atoms in total. The van der Waals surface area contributed by atoms with Crippen LogP contribution in [-0.4, -0.2) is 57.6 Å². The molecule has 7 heteroatoms. The molecule has 0 aromatic heterocycles. The number of hydrogen-bond donors (Lipinski definition) is 0. The molecule has 0 unspecified atom stereocenters. The Bertz CT molecular complexity index is 127. The molecule has 0 spiro atoms. The molecule has 0 aliphatic heterocycles. The van der Waals surface area contributed by atoms with E-state index in [9.17, 15) is 0 Å². The number of halogens is 2. The van der Waals surface area contributed by atoms with Gasteiger partial charge in [-0.2, -0.15) is 0 Å². The van der Waals surface area contributed by atoms with Crippen molar-refractivity contribution in [3.8, 4) is 0 Å². The Labute approximate surface area is 144 Å². The fourth-order valence-corrected chi connectivity index (χ4v) is 1.68. The van der Waals surface area contributed by atoms with Crippen molar-refractivity contribution in [2.45, 2.75) is 0 Å². The summed E-state index contributed by atoms with van der Waals surface area (Å²) in [5, 5.41) is 0. The first kappa shape index (κ1) is 29.7. The Morgan fingerprint density at radius 1 is 0.846 bits per heavy atom. The van der Waals surface area contributed by atoms with Crippen LogP contribution in [0.4, 0.5) is 0 Å². The van der Waals surface area contributed by atoms with Crippen LogP contribution in [0, 0.1) is 0 Å². The topological polar surface area (TPSA) is 0 Å². The summed E-state index contributed by atoms with van der Waals surface area (Å²) in [5.74, 6) is 5.33. The van der Waals surface area contributed by atoms with Crippen LogP contribution in [0.2, 0.25) is 0 Å². The fourth-order valence-electron chi connectivity index (χ4n) is 0.0833. The monoisotopic (exact) mass is 544 g/mol. The van der Waals surface area contributed by atoms with Crippen molar-refractivity contribution in [1.29, 1.82) is 0 Å². The zero-order valence-corrected chi connectivity index (χ0v) is 18.2. The fraction of sp³-hybridized carbons (Fsp3) is 0. The third kappa shape index (κ3) is 52.0. The van der Waals surface area contributed by atoms with Crippen LogP contribution in [0.1, 0.15) is 0 Å². The average Bonchev–Trinajstić information content (AvgIpc) is 1.93. The summed E-state index contributed by atoms with van der Waals surface area (Å²) in [6.45, 7) is 0. The summed E-state index contributed by atoms with van der Waals surface area (Å²) in [6.07, 6.45) is 3.66. The Morgan fingerprint density at radius 2 is 1.08 bits per heavy atom. The van der Waals surface area contributed by atoms with E-state index in [0.717, 1.165) is 0 Å². The van der Waals surface area contributed by atoms with Crippen molar-refractivity contribution < 1.29 is 51.0 Å². The largest absolute Gasteiger partial charge is 4.00 e. The normalized spacial score (nSPS) is 6.92. The molecule has 0 saturated heterocycles. The molecule has 0 rings (SSSR count). The van der Waals surface area contributed by atoms with Gasteiger partial charge in [-0.1, -0.05) is 0 Å². The van der Waals surface area contributed by atoms with Crippen molar-refractivity contribution in [3.05, 3.63) is 20.2 Å². The molecule has 70 valence electrons. The maximum absolute atomic E-state index is 3.03. The van der Waals surface area contributed by atoms with E-state index in [2.05, 4.69) is 29.3 Å². The van der Waals surface area contributed by atoms with Gasteiger partial charge in [0.05, 0.1) is 0 Å². The molecule has 0 amide bonds. The van der Waals surface area contributed by atoms with Gasteiger partial charge in [-0.05, 0) is 0 Å². The van der Waals surface area contributed by atoms with Crippen LogP contribution in [0.3, 0.4) is 0 Å². The van der Waals surface area contributed by atoms with Crippen LogP contribution >= 0.6 is 17.7 Å². The Hall–Kier alpha value is 2.92. The molecule has 0 N–H and O–H groups in total. The predicted octanol–water partition coefficient (Wildman–Crippen LogP) is -5.55. The molecule has 0 bridgehead atoms. The zero-order valence-electron chi connectivity index (χ0n) is 6.57. The molecule has 0 atom stereocenters. The Balaban J connectivity index is -0.0000000267. The first-order valence-electron chi connectivity index (χ1n) is 2.32. The number of hydrogen-bond acceptors (Lipinski definition) is 0. The summed E-state index contributed by atoms with van der Waals surface area (Å²) < 4.78 is 3.97. The van der Waals surface area contributed by atoms with Crippen LogP contribution < -0.4 is 24.8 Å². The SMILES string of the molecule is P=[C-]C=[CH][SbH].P=[C-]C=[CH][SbH].[Cl-].[Cl-].[Zr+4]. The van der Waals surface area contributed by atoms with Gasteiger partial charge in [-0.25, -0.2) is 0 Å². The molecule has 0 aliphatic carbocycles. The van der Waals surface area contributed by atoms with Crippen molar-refractivity contribution >= 4 is 75.4 Å². The number of allylic oxidation sites excluding steroid dienone is 2. The Kier molecular flexibility index (Phi) is 83.1. The third-order valence-corrected chi connectivity index (χ3v) is 1.62. The van der Waals surface area contributed by atoms with Gasteiger partial charge in [0.2, 0.25) is 0 Å². The molecule has 0 aromatic carbocycles. The van der Waals surface area contributed by atoms with Crippen LogP contribution in [0.15, 0.2) is 20.2 Å². The second-order valence-electron chi connectivity index (χ2n) is 0.955. The second-order valence-corrected chi connectivity index (χ2v) is 3.44. The van der Waals surface area contributed by atoms with Crippen molar-refractivity contribution in [3.63, 3.8) is 0 Å². The van der Waals surface area contributed by atoms with E-state index >= 15 is 0 Å². The van der Waals surface area contributed by atoms with Crippen molar-refractivity contribution in [2.24, 2.45) is 0 Å². The first-order chi connectivity index (χ1) is 4.83. The van der Waals surface area contributed by atoms with Gasteiger partial charge >= 0.3 is 122 Å². The molecule has 0 heterocycles. The summed E-state index contributed by atoms with van der Waals surface area (Å²) in [5.41, 5.74) is 0. The van der Waals surface area contributed by atoms with Crippen LogP contribution in [-0.2, 0) is 26.2 Å². The van der Waals surface area contributed by atoms with Gasteiger partial charge in [0.15, 0.2) is 0 Å². The van der Waals surface area contributed by atoms with Crippen LogP contribution in [0.25, 0.3) is 0 Å². The van der Waals surface area contributed by atoms with E-state index < -0.39 is 0 Å². The zero-order chi connectivity index (χ0) is 8.24. The standard InChI is InChI=1S/2C3H3P.2ClH.2Sb.Zr.2H/c2*1-2-3-4;;;;;;;/h2*1-2,4H;2*1H;;;;;/q2*-1;;;;;+4;;/p-2. The number of rotatable bonds is 2. The smallest absolute Gasteiger partial charge is 1.00 e. The van der Waals surface area contributed by atoms with Crippen molar-refractivity contribution in [1.82, 2.24) is 0 Å². The first-order valence-corrected chi connectivity index (χ1v) is 6.62. The summed E-state index contributed by atoms with van der Waals surface area (Å²) >= 11 is 2.82. The summed E-state index contributed by atoms with van der Waals surface area (Å²) in [6, 6.07) is 0. The molecular weight excluding hydrogens is 540 g/mol. The van der Waals surface area contributed by atoms with Crippen LogP contribution in [0.5, 0.6) is 0 Å². The molecule has 13 heavy (non-hydrogen) atoms. The predicted molar refractivity (Wildman–Crippen MR) is 59.2 cm³/mol. The van der Waals surface area contributed by atoms with E-state index in [4.69, 9.17) is 0 Å². The van der Waals surface area contributed by atoms with E-state index in [0.29, 0.717) is 0 Å². The van der Waals surface area contributed by atoms with Gasteiger partial charge < -0.3 is 24.8 Å². The molecule has 0 aromatic rings. The minimum absolute atomic E-state index is 0. The summed E-state index contributed by atoms with van der Waals surface area (Å²) in [4.78, 5) is 0. The Morgan fingerprint density at radius 3 is 1.08 bits per heavy atom. The van der Waals surface area contributed by atoms with Gasteiger partial charge in [0.25, 0.3) is 0 Å². The molecule has 0 aliphatic rings. The maximum Gasteiger partial charge on any atom is 4.00 e. The minimum Gasteiger partial charge on any atom is -1.00 e. The molecule has 0 saturated carbocycles. The maximum atomic E-state index is 3.03. The molecular formula is C6H8Cl2P2Sb2Zr. The molecule has 2 radical (unpaired) electrons. The quantitative estimate of drug-likeness (QED) is 0.184. The average molecular weight is 548 g/mol. The third-order valence-electron chi connectivity index (χ3n) is 0.333. The van der Waals surface area contributed by atoms with E-state index in [-0.39, 0.29) is 51.0 Å². The van der Waals surface area contributed by atoms with E-state index in [1.165, 1.54) is 46.0 Å². The minimum atomic E-state index is 0. The van der Waals surface area contributed by atoms with Gasteiger partial charge in [-0.15, -0.1) is 0 Å². The van der Waals surface area contributed by atoms with Crippen molar-refractivity contribution in [2.75, 3.05) is 0 Å². The van der Waals surface area contributed by atoms with E-state index in [1.54, 1.807) is 0 Å². The van der Waals surface area contributed by atoms with Gasteiger partial charge in [0.1, 0.15) is 0 Å². The van der Waals surface area contributed by atoms with Gasteiger partial charge in [-0.3, -0.25) is 0 Å². The second kappa shape index (κ2) is 36.3. The summed E-state index contributed by atoms with van der Waals surface area (Å²) in [7, 11) is 6.06. The van der Waals surface area contributed by atoms with Gasteiger partial charge in [0, 0.05) is 0 Å². The molecule has 0 fully saturated rings.